The Hall–Kier alpha value is -1.61. The lowest BCUT2D eigenvalue weighted by atomic mass is 9.86. The zero-order valence-electron chi connectivity index (χ0n) is 12.4. The highest BCUT2D eigenvalue weighted by Gasteiger charge is 2.31. The Morgan fingerprint density at radius 2 is 2.05 bits per heavy atom. The number of nitrogens with zero attached hydrogens (tertiary/aromatic N) is 2. The predicted molar refractivity (Wildman–Crippen MR) is 79.8 cm³/mol. The average molecular weight is 270 g/mol. The van der Waals surface area contributed by atoms with Crippen LogP contribution in [0.2, 0.25) is 0 Å². The number of aryl methyl sites for hydroxylation is 2. The number of hydrogen-bond acceptors (Lipinski definition) is 2. The van der Waals surface area contributed by atoms with Crippen LogP contribution >= 0.6 is 0 Å². The van der Waals surface area contributed by atoms with Crippen LogP contribution in [-0.2, 0) is 12.8 Å². The van der Waals surface area contributed by atoms with E-state index in [-0.39, 0.29) is 6.04 Å². The van der Waals surface area contributed by atoms with E-state index in [4.69, 9.17) is 0 Å². The topological polar surface area (TPSA) is 38.0 Å². The van der Waals surface area contributed by atoms with E-state index >= 15 is 0 Å². The minimum atomic E-state index is -0.456. The zero-order valence-corrected chi connectivity index (χ0v) is 12.4. The quantitative estimate of drug-likeness (QED) is 0.909. The normalized spacial score (nSPS) is 21.8. The largest absolute Gasteiger partial charge is 0.386 e. The summed E-state index contributed by atoms with van der Waals surface area (Å²) in [4.78, 5) is 0. The first kappa shape index (κ1) is 13.4. The summed E-state index contributed by atoms with van der Waals surface area (Å²) in [6, 6.07) is 8.27. The summed E-state index contributed by atoms with van der Waals surface area (Å²) >= 11 is 0. The molecule has 0 saturated carbocycles. The van der Waals surface area contributed by atoms with Gasteiger partial charge in [-0.1, -0.05) is 31.2 Å². The van der Waals surface area contributed by atoms with E-state index in [2.05, 4.69) is 36.6 Å². The molecule has 20 heavy (non-hydrogen) atoms. The lowest BCUT2D eigenvalue weighted by Crippen LogP contribution is -2.25. The van der Waals surface area contributed by atoms with E-state index in [0.717, 1.165) is 30.5 Å². The first-order valence-electron chi connectivity index (χ1n) is 7.44. The van der Waals surface area contributed by atoms with Gasteiger partial charge in [-0.2, -0.15) is 5.10 Å². The summed E-state index contributed by atoms with van der Waals surface area (Å²) in [5.74, 6) is 0. The Balaban J connectivity index is 2.01. The van der Waals surface area contributed by atoms with Gasteiger partial charge >= 0.3 is 0 Å². The van der Waals surface area contributed by atoms with Crippen LogP contribution in [0.15, 0.2) is 24.3 Å². The van der Waals surface area contributed by atoms with Gasteiger partial charge in [0.1, 0.15) is 6.10 Å². The van der Waals surface area contributed by atoms with Crippen molar-refractivity contribution in [2.45, 2.75) is 52.2 Å². The summed E-state index contributed by atoms with van der Waals surface area (Å²) in [7, 11) is 0. The van der Waals surface area contributed by atoms with Crippen LogP contribution in [0.25, 0.3) is 0 Å². The Labute approximate surface area is 120 Å². The molecule has 0 amide bonds. The molecule has 1 aromatic carbocycles. The molecule has 1 aromatic heterocycles. The molecular weight excluding hydrogens is 248 g/mol. The standard InChI is InChI=1S/C17H22N2O/c1-4-14-11(2)18-19(12(14)3)16-10-9-13-7-5-6-8-15(13)17(16)20/h5-8,16-17,20H,4,9-10H2,1-3H3. The van der Waals surface area contributed by atoms with Crippen LogP contribution in [0, 0.1) is 13.8 Å². The maximum atomic E-state index is 10.7. The van der Waals surface area contributed by atoms with Gasteiger partial charge in [-0.3, -0.25) is 4.68 Å². The molecular formula is C17H22N2O. The molecule has 2 atom stereocenters. The summed E-state index contributed by atoms with van der Waals surface area (Å²) in [6.45, 7) is 6.34. The number of aromatic nitrogens is 2. The predicted octanol–water partition coefficient (Wildman–Crippen LogP) is 3.28. The number of aliphatic hydroxyl groups is 1. The second-order valence-corrected chi connectivity index (χ2v) is 5.70. The van der Waals surface area contributed by atoms with Crippen LogP contribution in [0.4, 0.5) is 0 Å². The van der Waals surface area contributed by atoms with Crippen molar-refractivity contribution in [3.8, 4) is 0 Å². The molecule has 3 nitrogen and oxygen atoms in total. The zero-order chi connectivity index (χ0) is 14.3. The molecule has 0 bridgehead atoms. The molecule has 3 rings (SSSR count). The number of hydrogen-bond donors (Lipinski definition) is 1. The maximum Gasteiger partial charge on any atom is 0.102 e. The van der Waals surface area contributed by atoms with Crippen molar-refractivity contribution in [1.29, 1.82) is 0 Å². The maximum absolute atomic E-state index is 10.7. The van der Waals surface area contributed by atoms with Crippen LogP contribution in [0.3, 0.4) is 0 Å². The van der Waals surface area contributed by atoms with Gasteiger partial charge in [-0.05, 0) is 49.8 Å². The van der Waals surface area contributed by atoms with Crippen molar-refractivity contribution < 1.29 is 5.11 Å². The lowest BCUT2D eigenvalue weighted by Gasteiger charge is -2.31. The van der Waals surface area contributed by atoms with Gasteiger partial charge in [0.25, 0.3) is 0 Å². The van der Waals surface area contributed by atoms with Crippen molar-refractivity contribution in [1.82, 2.24) is 9.78 Å². The third-order valence-corrected chi connectivity index (χ3v) is 4.59. The fourth-order valence-electron chi connectivity index (χ4n) is 3.51. The summed E-state index contributed by atoms with van der Waals surface area (Å²) in [6.07, 6.45) is 2.50. The van der Waals surface area contributed by atoms with Gasteiger partial charge in [0, 0.05) is 5.69 Å². The lowest BCUT2D eigenvalue weighted by molar-refractivity contribution is 0.0908. The van der Waals surface area contributed by atoms with Crippen LogP contribution in [-0.4, -0.2) is 14.9 Å². The van der Waals surface area contributed by atoms with E-state index in [1.807, 2.05) is 18.2 Å². The van der Waals surface area contributed by atoms with Crippen molar-refractivity contribution in [3.05, 3.63) is 52.3 Å². The van der Waals surface area contributed by atoms with E-state index in [9.17, 15) is 5.11 Å². The van der Waals surface area contributed by atoms with Gasteiger partial charge < -0.3 is 5.11 Å². The molecule has 0 radical (unpaired) electrons. The summed E-state index contributed by atoms with van der Waals surface area (Å²) < 4.78 is 2.05. The molecule has 0 fully saturated rings. The van der Waals surface area contributed by atoms with E-state index < -0.39 is 6.10 Å². The van der Waals surface area contributed by atoms with Crippen LogP contribution < -0.4 is 0 Å². The van der Waals surface area contributed by atoms with Crippen LogP contribution in [0.5, 0.6) is 0 Å². The van der Waals surface area contributed by atoms with Crippen molar-refractivity contribution >= 4 is 0 Å². The third-order valence-electron chi connectivity index (χ3n) is 4.59. The SMILES string of the molecule is CCc1c(C)nn(C2CCc3ccccc3C2O)c1C. The molecule has 1 aliphatic rings. The Morgan fingerprint density at radius 3 is 2.75 bits per heavy atom. The van der Waals surface area contributed by atoms with Crippen molar-refractivity contribution in [2.75, 3.05) is 0 Å². The smallest absolute Gasteiger partial charge is 0.102 e. The number of rotatable bonds is 2. The van der Waals surface area contributed by atoms with Crippen LogP contribution in [0.1, 0.15) is 53.6 Å². The molecule has 106 valence electrons. The fourth-order valence-corrected chi connectivity index (χ4v) is 3.51. The van der Waals surface area contributed by atoms with Crippen molar-refractivity contribution in [3.63, 3.8) is 0 Å². The first-order valence-corrected chi connectivity index (χ1v) is 7.44. The second kappa shape index (κ2) is 5.06. The molecule has 0 spiro atoms. The third kappa shape index (κ3) is 1.97. The number of aliphatic hydroxyl groups excluding tert-OH is 1. The van der Waals surface area contributed by atoms with Gasteiger partial charge in [0.2, 0.25) is 0 Å². The van der Waals surface area contributed by atoms with Gasteiger partial charge in [0.15, 0.2) is 0 Å². The van der Waals surface area contributed by atoms with Crippen molar-refractivity contribution in [2.24, 2.45) is 0 Å². The molecule has 1 aliphatic carbocycles. The average Bonchev–Trinajstić information content (AvgIpc) is 2.74. The molecule has 2 unspecified atom stereocenters. The molecule has 2 aromatic rings. The van der Waals surface area contributed by atoms with Gasteiger partial charge in [-0.15, -0.1) is 0 Å². The highest BCUT2D eigenvalue weighted by molar-refractivity contribution is 5.33. The Bertz CT molecular complexity index is 630. The highest BCUT2D eigenvalue weighted by atomic mass is 16.3. The Morgan fingerprint density at radius 1 is 1.30 bits per heavy atom. The second-order valence-electron chi connectivity index (χ2n) is 5.70. The molecule has 1 N–H and O–H groups in total. The van der Waals surface area contributed by atoms with E-state index in [0.29, 0.717) is 0 Å². The van der Waals surface area contributed by atoms with Gasteiger partial charge in [0.05, 0.1) is 11.7 Å². The molecule has 3 heteroatoms. The summed E-state index contributed by atoms with van der Waals surface area (Å²) in [5.41, 5.74) is 5.95. The minimum Gasteiger partial charge on any atom is -0.386 e. The van der Waals surface area contributed by atoms with Gasteiger partial charge in [-0.25, -0.2) is 0 Å². The minimum absolute atomic E-state index is 0.0592. The molecule has 0 aliphatic heterocycles. The number of fused-ring (bicyclic) bond motifs is 1. The first-order chi connectivity index (χ1) is 9.63. The molecule has 0 saturated heterocycles. The summed E-state index contributed by atoms with van der Waals surface area (Å²) in [5, 5.41) is 15.4. The fraction of sp³-hybridized carbons (Fsp3) is 0.471. The Kier molecular flexibility index (Phi) is 3.38. The highest BCUT2D eigenvalue weighted by Crippen LogP contribution is 2.38. The van der Waals surface area contributed by atoms with E-state index in [1.54, 1.807) is 0 Å². The molecule has 1 heterocycles. The van der Waals surface area contributed by atoms with E-state index in [1.165, 1.54) is 16.8 Å². The monoisotopic (exact) mass is 270 g/mol. The number of benzene rings is 1.